The van der Waals surface area contributed by atoms with E-state index in [4.69, 9.17) is 0 Å². The summed E-state index contributed by atoms with van der Waals surface area (Å²) in [6.07, 6.45) is 0.268. The number of hydrogen-bond acceptors (Lipinski definition) is 6. The molecule has 0 saturated carbocycles. The van der Waals surface area contributed by atoms with Gasteiger partial charge in [0, 0.05) is 19.5 Å². The van der Waals surface area contributed by atoms with Crippen LogP contribution in [0.2, 0.25) is 0 Å². The van der Waals surface area contributed by atoms with Crippen molar-refractivity contribution in [2.24, 2.45) is 0 Å². The summed E-state index contributed by atoms with van der Waals surface area (Å²) >= 11 is 1.25. The van der Waals surface area contributed by atoms with Crippen LogP contribution >= 0.6 is 11.3 Å². The Morgan fingerprint density at radius 1 is 1.10 bits per heavy atom. The smallest absolute Gasteiger partial charge is 0.228 e. The number of hydrogen-bond donors (Lipinski definition) is 0. The molecule has 1 heterocycles. The van der Waals surface area contributed by atoms with Gasteiger partial charge in [-0.1, -0.05) is 35.1 Å². The molecule has 1 amide bonds. The average molecular weight is 464 g/mol. The molecule has 0 aliphatic rings. The Morgan fingerprint density at radius 2 is 1.81 bits per heavy atom. The molecule has 1 aromatic heterocycles. The van der Waals surface area contributed by atoms with Gasteiger partial charge in [0.2, 0.25) is 5.91 Å². The Labute approximate surface area is 186 Å². The number of fused-ring (bicyclic) bond motifs is 1. The number of anilines is 1. The predicted octanol–water partition coefficient (Wildman–Crippen LogP) is 3.89. The van der Waals surface area contributed by atoms with E-state index in [1.165, 1.54) is 22.3 Å². The molecular formula is C22H26FN3O3S2. The number of para-hydroxylation sites is 1. The van der Waals surface area contributed by atoms with Crippen molar-refractivity contribution in [2.45, 2.75) is 24.7 Å². The van der Waals surface area contributed by atoms with E-state index in [0.29, 0.717) is 22.9 Å². The lowest BCUT2D eigenvalue weighted by atomic mass is 10.2. The molecule has 166 valence electrons. The Morgan fingerprint density at radius 3 is 2.45 bits per heavy atom. The topological polar surface area (TPSA) is 70.6 Å². The summed E-state index contributed by atoms with van der Waals surface area (Å²) in [7, 11) is 0.339. The van der Waals surface area contributed by atoms with Crippen LogP contribution in [-0.2, 0) is 14.6 Å². The van der Waals surface area contributed by atoms with E-state index in [0.717, 1.165) is 5.56 Å². The highest BCUT2D eigenvalue weighted by molar-refractivity contribution is 7.91. The van der Waals surface area contributed by atoms with Gasteiger partial charge in [-0.2, -0.15) is 0 Å². The van der Waals surface area contributed by atoms with E-state index >= 15 is 0 Å². The summed E-state index contributed by atoms with van der Waals surface area (Å²) < 4.78 is 39.8. The number of benzene rings is 2. The summed E-state index contributed by atoms with van der Waals surface area (Å²) in [6, 6.07) is 11.4. The fourth-order valence-corrected chi connectivity index (χ4v) is 5.39. The van der Waals surface area contributed by atoms with Gasteiger partial charge in [-0.25, -0.2) is 17.8 Å². The number of halogens is 1. The zero-order valence-electron chi connectivity index (χ0n) is 17.8. The van der Waals surface area contributed by atoms with Crippen LogP contribution in [0.1, 0.15) is 18.4 Å². The van der Waals surface area contributed by atoms with Crippen LogP contribution < -0.4 is 4.90 Å². The first kappa shape index (κ1) is 23.3. The van der Waals surface area contributed by atoms with E-state index in [2.05, 4.69) is 4.98 Å². The van der Waals surface area contributed by atoms with Crippen molar-refractivity contribution in [3.05, 3.63) is 53.8 Å². The van der Waals surface area contributed by atoms with Crippen molar-refractivity contribution in [2.75, 3.05) is 37.8 Å². The summed E-state index contributed by atoms with van der Waals surface area (Å²) in [5.41, 5.74) is 1.23. The first-order chi connectivity index (χ1) is 14.7. The molecule has 0 saturated heterocycles. The van der Waals surface area contributed by atoms with Crippen molar-refractivity contribution in [1.29, 1.82) is 0 Å². The zero-order chi connectivity index (χ0) is 22.6. The van der Waals surface area contributed by atoms with Crippen LogP contribution in [0.25, 0.3) is 10.2 Å². The van der Waals surface area contributed by atoms with Gasteiger partial charge in [0.25, 0.3) is 0 Å². The highest BCUT2D eigenvalue weighted by Gasteiger charge is 2.22. The first-order valence-electron chi connectivity index (χ1n) is 9.97. The number of amides is 1. The molecule has 6 nitrogen and oxygen atoms in total. The molecule has 2 aromatic carbocycles. The minimum absolute atomic E-state index is 0.0664. The maximum absolute atomic E-state index is 14.1. The van der Waals surface area contributed by atoms with Crippen molar-refractivity contribution in [3.8, 4) is 0 Å². The number of likely N-dealkylation sites (N-methyl/N-ethyl adjacent to an activating group) is 1. The second-order valence-electron chi connectivity index (χ2n) is 7.67. The van der Waals surface area contributed by atoms with Crippen molar-refractivity contribution < 1.29 is 17.6 Å². The maximum atomic E-state index is 14.1. The minimum atomic E-state index is -3.46. The Hall–Kier alpha value is -2.36. The molecule has 0 spiro atoms. The van der Waals surface area contributed by atoms with Crippen LogP contribution in [-0.4, -0.2) is 57.1 Å². The maximum Gasteiger partial charge on any atom is 0.228 e. The van der Waals surface area contributed by atoms with Gasteiger partial charge in [-0.3, -0.25) is 9.69 Å². The highest BCUT2D eigenvalue weighted by atomic mass is 32.2. The van der Waals surface area contributed by atoms with Gasteiger partial charge in [0.1, 0.15) is 11.3 Å². The van der Waals surface area contributed by atoms with Gasteiger partial charge < -0.3 is 4.90 Å². The van der Waals surface area contributed by atoms with Gasteiger partial charge in [0.05, 0.1) is 15.3 Å². The molecule has 0 aliphatic heterocycles. The van der Waals surface area contributed by atoms with E-state index in [9.17, 15) is 17.6 Å². The fraction of sp³-hybridized carbons (Fsp3) is 0.364. The van der Waals surface area contributed by atoms with Gasteiger partial charge in [-0.15, -0.1) is 0 Å². The van der Waals surface area contributed by atoms with E-state index in [-0.39, 0.29) is 34.9 Å². The average Bonchev–Trinajstić information content (AvgIpc) is 3.13. The molecule has 0 fully saturated rings. The predicted molar refractivity (Wildman–Crippen MR) is 123 cm³/mol. The van der Waals surface area contributed by atoms with Crippen LogP contribution in [0.3, 0.4) is 0 Å². The third-order valence-corrected chi connectivity index (χ3v) is 7.71. The molecule has 0 aliphatic carbocycles. The van der Waals surface area contributed by atoms with E-state index < -0.39 is 15.7 Å². The molecule has 0 atom stereocenters. The number of sulfone groups is 1. The lowest BCUT2D eigenvalue weighted by Crippen LogP contribution is -2.36. The lowest BCUT2D eigenvalue weighted by Gasteiger charge is -2.22. The molecule has 0 unspecified atom stereocenters. The number of aryl methyl sites for hydroxylation is 1. The van der Waals surface area contributed by atoms with Crippen LogP contribution in [0.4, 0.5) is 9.52 Å². The summed E-state index contributed by atoms with van der Waals surface area (Å²) in [5.74, 6) is -0.762. The monoisotopic (exact) mass is 463 g/mol. The van der Waals surface area contributed by atoms with Crippen LogP contribution in [0.15, 0.2) is 47.4 Å². The third kappa shape index (κ3) is 5.87. The minimum Gasteiger partial charge on any atom is -0.308 e. The SMILES string of the molecule is Cc1ccc(S(=O)(=O)CCCC(=O)N(CCN(C)C)c2nc3c(F)cccc3s2)cc1. The fourth-order valence-electron chi connectivity index (χ4n) is 3.06. The standard InChI is InChI=1S/C22H26FN3O3S2/c1-16-9-11-17(12-10-16)31(28,29)15-5-8-20(27)26(14-13-25(2)3)22-24-21-18(23)6-4-7-19(21)30-22/h4,6-7,9-12H,5,8,13-15H2,1-3H3. The molecule has 0 bridgehead atoms. The number of aromatic nitrogens is 1. The quantitative estimate of drug-likeness (QED) is 0.481. The number of nitrogens with zero attached hydrogens (tertiary/aromatic N) is 3. The van der Waals surface area contributed by atoms with Gasteiger partial charge in [-0.05, 0) is 51.7 Å². The van der Waals surface area contributed by atoms with Crippen LogP contribution in [0.5, 0.6) is 0 Å². The first-order valence-corrected chi connectivity index (χ1v) is 12.4. The Balaban J connectivity index is 1.72. The van der Waals surface area contributed by atoms with Gasteiger partial charge in [0.15, 0.2) is 15.0 Å². The summed E-state index contributed by atoms with van der Waals surface area (Å²) in [5, 5.41) is 0.424. The number of carbonyl (C=O) groups is 1. The van der Waals surface area contributed by atoms with E-state index in [1.807, 2.05) is 25.9 Å². The zero-order valence-corrected chi connectivity index (χ0v) is 19.5. The Kier molecular flexibility index (Phi) is 7.40. The lowest BCUT2D eigenvalue weighted by molar-refractivity contribution is -0.118. The third-order valence-electron chi connectivity index (χ3n) is 4.85. The van der Waals surface area contributed by atoms with Crippen molar-refractivity contribution >= 4 is 42.4 Å². The highest BCUT2D eigenvalue weighted by Crippen LogP contribution is 2.30. The number of carbonyl (C=O) groups excluding carboxylic acids is 1. The Bertz CT molecular complexity index is 1160. The van der Waals surface area contributed by atoms with Crippen LogP contribution in [0, 0.1) is 12.7 Å². The molecule has 31 heavy (non-hydrogen) atoms. The van der Waals surface area contributed by atoms with E-state index in [1.54, 1.807) is 36.4 Å². The number of thiazole rings is 1. The largest absolute Gasteiger partial charge is 0.308 e. The molecule has 0 radical (unpaired) electrons. The van der Waals surface area contributed by atoms with Crippen molar-refractivity contribution in [1.82, 2.24) is 9.88 Å². The second-order valence-corrected chi connectivity index (χ2v) is 10.8. The molecule has 9 heteroatoms. The summed E-state index contributed by atoms with van der Waals surface area (Å²) in [4.78, 5) is 21.0. The molecule has 0 N–H and O–H groups in total. The van der Waals surface area contributed by atoms with Crippen molar-refractivity contribution in [3.63, 3.8) is 0 Å². The molecular weight excluding hydrogens is 437 g/mol. The number of rotatable bonds is 9. The van der Waals surface area contributed by atoms with Gasteiger partial charge >= 0.3 is 0 Å². The molecule has 3 rings (SSSR count). The normalized spacial score (nSPS) is 11.9. The molecule has 3 aromatic rings. The second kappa shape index (κ2) is 9.84. The summed E-state index contributed by atoms with van der Waals surface area (Å²) in [6.45, 7) is 2.88.